The monoisotopic (exact) mass is 484 g/mol. The van der Waals surface area contributed by atoms with Crippen molar-refractivity contribution in [1.82, 2.24) is 20.4 Å². The number of halogens is 1. The molecule has 1 spiro atoms. The first kappa shape index (κ1) is 19.9. The Morgan fingerprint density at radius 2 is 2.06 bits per heavy atom. The number of aromatic amines is 1. The number of piperidine rings is 1. The summed E-state index contributed by atoms with van der Waals surface area (Å²) in [6.45, 7) is 0.826. The van der Waals surface area contributed by atoms with Crippen LogP contribution in [0.2, 0.25) is 0 Å². The molecule has 3 N–H and O–H groups in total. The number of ether oxygens (including phenoxy) is 1. The van der Waals surface area contributed by atoms with Crippen LogP contribution < -0.4 is 10.1 Å². The van der Waals surface area contributed by atoms with Gasteiger partial charge in [-0.1, -0.05) is 22.0 Å². The van der Waals surface area contributed by atoms with Gasteiger partial charge in [0.2, 0.25) is 0 Å². The van der Waals surface area contributed by atoms with E-state index in [-0.39, 0.29) is 11.9 Å². The van der Waals surface area contributed by atoms with Crippen LogP contribution >= 0.6 is 15.9 Å². The van der Waals surface area contributed by atoms with Gasteiger partial charge in [0.05, 0.1) is 23.3 Å². The highest BCUT2D eigenvalue weighted by Crippen LogP contribution is 2.45. The van der Waals surface area contributed by atoms with Crippen LogP contribution in [0.3, 0.4) is 0 Å². The minimum atomic E-state index is -0.909. The molecule has 5 rings (SSSR count). The third kappa shape index (κ3) is 3.63. The highest BCUT2D eigenvalue weighted by atomic mass is 79.9. The van der Waals surface area contributed by atoms with E-state index >= 15 is 0 Å². The lowest BCUT2D eigenvalue weighted by molar-refractivity contribution is -0.0205. The number of rotatable bonds is 2. The molecule has 1 unspecified atom stereocenters. The number of aromatic nitrogens is 2. The van der Waals surface area contributed by atoms with Crippen molar-refractivity contribution in [2.24, 2.45) is 0 Å². The lowest BCUT2D eigenvalue weighted by atomic mass is 9.80. The molecule has 1 saturated heterocycles. The summed E-state index contributed by atoms with van der Waals surface area (Å²) in [5.74, 6) is 0.549. The van der Waals surface area contributed by atoms with Gasteiger partial charge in [-0.3, -0.25) is 9.89 Å². The third-order valence-corrected chi connectivity index (χ3v) is 6.72. The van der Waals surface area contributed by atoms with Gasteiger partial charge < -0.3 is 20.1 Å². The second kappa shape index (κ2) is 7.56. The Balaban J connectivity index is 1.45. The lowest BCUT2D eigenvalue weighted by Crippen LogP contribution is -2.53. The molecule has 2 amide bonds. The molecule has 0 saturated carbocycles. The van der Waals surface area contributed by atoms with Crippen LogP contribution in [0.4, 0.5) is 4.79 Å². The molecule has 8 nitrogen and oxygen atoms in total. The van der Waals surface area contributed by atoms with Gasteiger partial charge in [0.1, 0.15) is 11.4 Å². The molecule has 2 aliphatic rings. The molecule has 0 bridgehead atoms. The number of carbonyl (C=O) groups excluding carboxylic acids is 1. The average molecular weight is 485 g/mol. The first-order chi connectivity index (χ1) is 14.9. The standard InChI is InChI=1S/C22H21BrN4O4/c23-13-4-5-19-15(10-13)18(11-22(31-19)6-8-27(9-7-22)21(29)30)25-20(28)14-2-1-3-17-16(14)12-24-26-17/h1-5,10,12,18H,6-9,11H2,(H,24,26)(H,25,28)(H,29,30). The van der Waals surface area contributed by atoms with E-state index in [4.69, 9.17) is 4.74 Å². The fourth-order valence-electron chi connectivity index (χ4n) is 4.58. The quantitative estimate of drug-likeness (QED) is 0.507. The molecule has 160 valence electrons. The van der Waals surface area contributed by atoms with Crippen molar-refractivity contribution in [2.45, 2.75) is 30.9 Å². The number of nitrogens with zero attached hydrogens (tertiary/aromatic N) is 2. The lowest BCUT2D eigenvalue weighted by Gasteiger charge is -2.46. The van der Waals surface area contributed by atoms with Crippen LogP contribution in [0.25, 0.3) is 10.9 Å². The summed E-state index contributed by atoms with van der Waals surface area (Å²) < 4.78 is 7.32. The van der Waals surface area contributed by atoms with E-state index in [0.717, 1.165) is 26.7 Å². The van der Waals surface area contributed by atoms with Gasteiger partial charge in [-0.25, -0.2) is 4.79 Å². The molecular formula is C22H21BrN4O4. The molecule has 31 heavy (non-hydrogen) atoms. The van der Waals surface area contributed by atoms with Crippen LogP contribution in [0.5, 0.6) is 5.75 Å². The van der Waals surface area contributed by atoms with E-state index in [0.29, 0.717) is 37.9 Å². The van der Waals surface area contributed by atoms with Crippen molar-refractivity contribution in [3.63, 3.8) is 0 Å². The Kier molecular flexibility index (Phi) is 4.85. The van der Waals surface area contributed by atoms with Gasteiger partial charge in [0, 0.05) is 47.8 Å². The van der Waals surface area contributed by atoms with E-state index < -0.39 is 11.7 Å². The van der Waals surface area contributed by atoms with Crippen molar-refractivity contribution in [1.29, 1.82) is 0 Å². The summed E-state index contributed by atoms with van der Waals surface area (Å²) in [7, 11) is 0. The van der Waals surface area contributed by atoms with Gasteiger partial charge in [-0.15, -0.1) is 0 Å². The zero-order valence-electron chi connectivity index (χ0n) is 16.6. The SMILES string of the molecule is O=C(NC1CC2(CCN(C(=O)O)CC2)Oc2ccc(Br)cc21)c1cccc2[nH]ncc12. The number of benzene rings is 2. The van der Waals surface area contributed by atoms with Gasteiger partial charge >= 0.3 is 6.09 Å². The summed E-state index contributed by atoms with van der Waals surface area (Å²) in [5, 5.41) is 20.2. The van der Waals surface area contributed by atoms with E-state index in [9.17, 15) is 14.7 Å². The van der Waals surface area contributed by atoms with Gasteiger partial charge in [-0.05, 0) is 30.3 Å². The molecule has 2 aliphatic heterocycles. The number of hydrogen-bond donors (Lipinski definition) is 3. The zero-order valence-corrected chi connectivity index (χ0v) is 18.2. The van der Waals surface area contributed by atoms with E-state index in [1.807, 2.05) is 30.3 Å². The molecule has 3 heterocycles. The van der Waals surface area contributed by atoms with Crippen LogP contribution in [-0.2, 0) is 0 Å². The number of likely N-dealkylation sites (tertiary alicyclic amines) is 1. The Labute approximate surface area is 186 Å². The number of carbonyl (C=O) groups is 2. The molecular weight excluding hydrogens is 464 g/mol. The van der Waals surface area contributed by atoms with Crippen molar-refractivity contribution in [3.8, 4) is 5.75 Å². The highest BCUT2D eigenvalue weighted by molar-refractivity contribution is 9.10. The number of H-pyrrole nitrogens is 1. The number of amides is 2. The number of hydrogen-bond acceptors (Lipinski definition) is 4. The predicted molar refractivity (Wildman–Crippen MR) is 117 cm³/mol. The van der Waals surface area contributed by atoms with Crippen molar-refractivity contribution >= 4 is 38.8 Å². The number of fused-ring (bicyclic) bond motifs is 2. The first-order valence-electron chi connectivity index (χ1n) is 10.1. The summed E-state index contributed by atoms with van der Waals surface area (Å²) >= 11 is 3.52. The zero-order chi connectivity index (χ0) is 21.6. The predicted octanol–water partition coefficient (Wildman–Crippen LogP) is 4.09. The Hall–Kier alpha value is -3.07. The maximum Gasteiger partial charge on any atom is 0.407 e. The summed E-state index contributed by atoms with van der Waals surface area (Å²) in [5.41, 5.74) is 1.77. The molecule has 1 fully saturated rings. The van der Waals surface area contributed by atoms with Crippen LogP contribution in [0.15, 0.2) is 47.1 Å². The van der Waals surface area contributed by atoms with Gasteiger partial charge in [0.25, 0.3) is 5.91 Å². The fourth-order valence-corrected chi connectivity index (χ4v) is 4.96. The van der Waals surface area contributed by atoms with Gasteiger partial charge in [-0.2, -0.15) is 5.10 Å². The molecule has 9 heteroatoms. The molecule has 1 atom stereocenters. The maximum absolute atomic E-state index is 13.2. The van der Waals surface area contributed by atoms with Crippen molar-refractivity contribution in [2.75, 3.05) is 13.1 Å². The topological polar surface area (TPSA) is 108 Å². The normalized spacial score (nSPS) is 19.6. The number of nitrogens with one attached hydrogen (secondary N) is 2. The van der Waals surface area contributed by atoms with E-state index in [1.54, 1.807) is 12.3 Å². The third-order valence-electron chi connectivity index (χ3n) is 6.23. The van der Waals surface area contributed by atoms with Crippen LogP contribution in [-0.4, -0.2) is 50.9 Å². The minimum absolute atomic E-state index is 0.178. The largest absolute Gasteiger partial charge is 0.487 e. The van der Waals surface area contributed by atoms with Crippen LogP contribution in [0, 0.1) is 0 Å². The molecule has 1 aromatic heterocycles. The summed E-state index contributed by atoms with van der Waals surface area (Å²) in [6.07, 6.45) is 2.49. The fraction of sp³-hybridized carbons (Fsp3) is 0.318. The summed E-state index contributed by atoms with van der Waals surface area (Å²) in [4.78, 5) is 26.0. The number of carboxylic acid groups (broad SMARTS) is 1. The second-order valence-electron chi connectivity index (χ2n) is 8.10. The van der Waals surface area contributed by atoms with Crippen LogP contribution in [0.1, 0.15) is 41.2 Å². The van der Waals surface area contributed by atoms with Crippen molar-refractivity contribution in [3.05, 3.63) is 58.2 Å². The maximum atomic E-state index is 13.2. The molecule has 3 aromatic rings. The molecule has 0 radical (unpaired) electrons. The Morgan fingerprint density at radius 3 is 2.84 bits per heavy atom. The highest BCUT2D eigenvalue weighted by Gasteiger charge is 2.44. The Bertz CT molecular complexity index is 1170. The van der Waals surface area contributed by atoms with Crippen molar-refractivity contribution < 1.29 is 19.4 Å². The Morgan fingerprint density at radius 1 is 1.26 bits per heavy atom. The molecule has 0 aliphatic carbocycles. The second-order valence-corrected chi connectivity index (χ2v) is 9.02. The average Bonchev–Trinajstić information content (AvgIpc) is 3.23. The first-order valence-corrected chi connectivity index (χ1v) is 10.9. The summed E-state index contributed by atoms with van der Waals surface area (Å²) in [6, 6.07) is 11.0. The minimum Gasteiger partial charge on any atom is -0.487 e. The van der Waals surface area contributed by atoms with E-state index in [2.05, 4.69) is 31.4 Å². The smallest absolute Gasteiger partial charge is 0.407 e. The van der Waals surface area contributed by atoms with Gasteiger partial charge in [0.15, 0.2) is 0 Å². The molecule has 2 aromatic carbocycles. The van der Waals surface area contributed by atoms with E-state index in [1.165, 1.54) is 4.90 Å².